The average Bonchev–Trinajstić information content (AvgIpc) is 2.61. The van der Waals surface area contributed by atoms with Crippen LogP contribution < -0.4 is 0 Å². The van der Waals surface area contributed by atoms with Crippen LogP contribution in [0.4, 0.5) is 0 Å². The fourth-order valence-electron chi connectivity index (χ4n) is 3.51. The summed E-state index contributed by atoms with van der Waals surface area (Å²) in [6, 6.07) is 10.4. The lowest BCUT2D eigenvalue weighted by molar-refractivity contribution is 0.102. The second kappa shape index (κ2) is 9.40. The van der Waals surface area contributed by atoms with Gasteiger partial charge in [-0.05, 0) is 74.5 Å². The Kier molecular flexibility index (Phi) is 7.20. The van der Waals surface area contributed by atoms with E-state index in [0.29, 0.717) is 12.0 Å². The van der Waals surface area contributed by atoms with Gasteiger partial charge < -0.3 is 4.74 Å². The SMILES string of the molecule is CC/C=C/OC(CC)CC1CCC(c2ccc(C#N)cc2)CC1. The van der Waals surface area contributed by atoms with Gasteiger partial charge in [0.1, 0.15) is 0 Å². The molecule has 0 aliphatic heterocycles. The molecule has 0 saturated heterocycles. The van der Waals surface area contributed by atoms with Crippen LogP contribution in [0, 0.1) is 17.2 Å². The fraction of sp³-hybridized carbons (Fsp3) is 0.571. The number of nitriles is 1. The topological polar surface area (TPSA) is 33.0 Å². The molecule has 2 heteroatoms. The van der Waals surface area contributed by atoms with Crippen LogP contribution in [0.5, 0.6) is 0 Å². The highest BCUT2D eigenvalue weighted by molar-refractivity contribution is 5.33. The van der Waals surface area contributed by atoms with E-state index < -0.39 is 0 Å². The summed E-state index contributed by atoms with van der Waals surface area (Å²) < 4.78 is 5.86. The molecule has 0 radical (unpaired) electrons. The zero-order valence-electron chi connectivity index (χ0n) is 14.5. The molecule has 0 bridgehead atoms. The lowest BCUT2D eigenvalue weighted by atomic mass is 9.76. The van der Waals surface area contributed by atoms with E-state index >= 15 is 0 Å². The molecule has 1 aliphatic carbocycles. The third-order valence-corrected chi connectivity index (χ3v) is 5.01. The molecule has 2 rings (SSSR count). The number of hydrogen-bond acceptors (Lipinski definition) is 2. The smallest absolute Gasteiger partial charge is 0.0991 e. The highest BCUT2D eigenvalue weighted by Gasteiger charge is 2.24. The average molecular weight is 311 g/mol. The lowest BCUT2D eigenvalue weighted by Crippen LogP contribution is -2.19. The Morgan fingerprint density at radius 2 is 1.87 bits per heavy atom. The molecule has 0 aromatic heterocycles. The molecule has 1 aromatic rings. The van der Waals surface area contributed by atoms with Crippen molar-refractivity contribution in [3.63, 3.8) is 0 Å². The Balaban J connectivity index is 1.80. The Labute approximate surface area is 141 Å². The van der Waals surface area contributed by atoms with Crippen molar-refractivity contribution in [3.8, 4) is 6.07 Å². The normalized spacial score (nSPS) is 22.7. The van der Waals surface area contributed by atoms with Crippen LogP contribution in [-0.2, 0) is 4.74 Å². The Bertz CT molecular complexity index is 518. The zero-order chi connectivity index (χ0) is 16.5. The molecule has 0 heterocycles. The summed E-state index contributed by atoms with van der Waals surface area (Å²) in [4.78, 5) is 0. The van der Waals surface area contributed by atoms with Crippen LogP contribution in [0.15, 0.2) is 36.6 Å². The quantitative estimate of drug-likeness (QED) is 0.584. The maximum Gasteiger partial charge on any atom is 0.0991 e. The van der Waals surface area contributed by atoms with E-state index in [-0.39, 0.29) is 0 Å². The number of rotatable bonds is 7. The number of ether oxygens (including phenoxy) is 1. The highest BCUT2D eigenvalue weighted by atomic mass is 16.5. The highest BCUT2D eigenvalue weighted by Crippen LogP contribution is 2.38. The summed E-state index contributed by atoms with van der Waals surface area (Å²) in [7, 11) is 0. The minimum absolute atomic E-state index is 0.370. The monoisotopic (exact) mass is 311 g/mol. The first-order chi connectivity index (χ1) is 11.3. The molecular formula is C21H29NO. The van der Waals surface area contributed by atoms with E-state index in [9.17, 15) is 0 Å². The van der Waals surface area contributed by atoms with Gasteiger partial charge in [0.15, 0.2) is 0 Å². The third-order valence-electron chi connectivity index (χ3n) is 5.01. The predicted octanol–water partition coefficient (Wildman–Crippen LogP) is 5.94. The van der Waals surface area contributed by atoms with Crippen LogP contribution in [0.2, 0.25) is 0 Å². The van der Waals surface area contributed by atoms with E-state index in [1.165, 1.54) is 37.7 Å². The third kappa shape index (κ3) is 5.43. The predicted molar refractivity (Wildman–Crippen MR) is 95.1 cm³/mol. The Morgan fingerprint density at radius 1 is 1.17 bits per heavy atom. The summed E-state index contributed by atoms with van der Waals surface area (Å²) in [5.41, 5.74) is 2.15. The standard InChI is InChI=1S/C21H29NO/c1-3-5-14-23-21(4-2)15-17-6-10-19(11-7-17)20-12-8-18(16-22)9-13-20/h5,8-9,12-14,17,19,21H,3-4,6-7,10-11,15H2,1-2H3/b14-5+. The van der Waals surface area contributed by atoms with Crippen molar-refractivity contribution >= 4 is 0 Å². The van der Waals surface area contributed by atoms with E-state index in [1.54, 1.807) is 0 Å². The minimum atomic E-state index is 0.370. The van der Waals surface area contributed by atoms with Crippen molar-refractivity contribution in [1.82, 2.24) is 0 Å². The Morgan fingerprint density at radius 3 is 2.43 bits per heavy atom. The molecule has 1 aromatic carbocycles. The maximum absolute atomic E-state index is 8.89. The summed E-state index contributed by atoms with van der Waals surface area (Å²) in [5, 5.41) is 8.89. The fourth-order valence-corrected chi connectivity index (χ4v) is 3.51. The van der Waals surface area contributed by atoms with Gasteiger partial charge in [0.25, 0.3) is 0 Å². The van der Waals surface area contributed by atoms with Gasteiger partial charge in [-0.1, -0.05) is 32.1 Å². The zero-order valence-corrected chi connectivity index (χ0v) is 14.5. The largest absolute Gasteiger partial charge is 0.498 e. The van der Waals surface area contributed by atoms with E-state index in [2.05, 4.69) is 38.1 Å². The van der Waals surface area contributed by atoms with Crippen LogP contribution in [0.1, 0.15) is 75.8 Å². The van der Waals surface area contributed by atoms with Crippen LogP contribution in [-0.4, -0.2) is 6.10 Å². The second-order valence-electron chi connectivity index (χ2n) is 6.63. The molecule has 1 saturated carbocycles. The Hall–Kier alpha value is -1.75. The van der Waals surface area contributed by atoms with Gasteiger partial charge in [-0.25, -0.2) is 0 Å². The van der Waals surface area contributed by atoms with Gasteiger partial charge in [0, 0.05) is 0 Å². The molecule has 0 spiro atoms. The maximum atomic E-state index is 8.89. The number of hydrogen-bond donors (Lipinski definition) is 0. The van der Waals surface area contributed by atoms with Gasteiger partial charge >= 0.3 is 0 Å². The van der Waals surface area contributed by atoms with Crippen LogP contribution >= 0.6 is 0 Å². The van der Waals surface area contributed by atoms with Crippen molar-refractivity contribution in [1.29, 1.82) is 5.26 Å². The van der Waals surface area contributed by atoms with Crippen molar-refractivity contribution in [2.24, 2.45) is 5.92 Å². The van der Waals surface area contributed by atoms with Crippen molar-refractivity contribution < 1.29 is 4.74 Å². The minimum Gasteiger partial charge on any atom is -0.498 e. The molecule has 1 aliphatic rings. The van der Waals surface area contributed by atoms with Gasteiger partial charge in [-0.2, -0.15) is 5.26 Å². The molecule has 1 unspecified atom stereocenters. The number of benzene rings is 1. The van der Waals surface area contributed by atoms with Crippen LogP contribution in [0.25, 0.3) is 0 Å². The molecule has 0 amide bonds. The van der Waals surface area contributed by atoms with E-state index in [1.807, 2.05) is 18.4 Å². The first kappa shape index (κ1) is 17.6. The summed E-state index contributed by atoms with van der Waals surface area (Å²) in [6.07, 6.45) is 12.8. The molecule has 0 N–H and O–H groups in total. The first-order valence-corrected chi connectivity index (χ1v) is 9.07. The van der Waals surface area contributed by atoms with Crippen molar-refractivity contribution in [2.45, 2.75) is 70.8 Å². The van der Waals surface area contributed by atoms with Gasteiger partial charge in [-0.3, -0.25) is 0 Å². The van der Waals surface area contributed by atoms with Gasteiger partial charge in [0.05, 0.1) is 24.0 Å². The van der Waals surface area contributed by atoms with Crippen molar-refractivity contribution in [2.75, 3.05) is 0 Å². The summed E-state index contributed by atoms with van der Waals surface area (Å²) >= 11 is 0. The van der Waals surface area contributed by atoms with Crippen molar-refractivity contribution in [3.05, 3.63) is 47.7 Å². The summed E-state index contributed by atoms with van der Waals surface area (Å²) in [6.45, 7) is 4.35. The molecule has 1 atom stereocenters. The van der Waals surface area contributed by atoms with Gasteiger partial charge in [-0.15, -0.1) is 0 Å². The molecule has 124 valence electrons. The van der Waals surface area contributed by atoms with E-state index in [4.69, 9.17) is 10.00 Å². The summed E-state index contributed by atoms with van der Waals surface area (Å²) in [5.74, 6) is 1.46. The lowest BCUT2D eigenvalue weighted by Gasteiger charge is -2.30. The number of nitrogens with zero attached hydrogens (tertiary/aromatic N) is 1. The molecule has 23 heavy (non-hydrogen) atoms. The molecule has 1 fully saturated rings. The first-order valence-electron chi connectivity index (χ1n) is 9.07. The number of allylic oxidation sites excluding steroid dienone is 1. The van der Waals surface area contributed by atoms with E-state index in [0.717, 1.165) is 24.3 Å². The molecular weight excluding hydrogens is 282 g/mol. The second-order valence-corrected chi connectivity index (χ2v) is 6.63. The molecule has 2 nitrogen and oxygen atoms in total. The van der Waals surface area contributed by atoms with Crippen LogP contribution in [0.3, 0.4) is 0 Å². The van der Waals surface area contributed by atoms with Gasteiger partial charge in [0.2, 0.25) is 0 Å².